The predicted molar refractivity (Wildman–Crippen MR) is 133 cm³/mol. The fourth-order valence-corrected chi connectivity index (χ4v) is 6.61. The molecule has 1 unspecified atom stereocenters. The summed E-state index contributed by atoms with van der Waals surface area (Å²) in [5, 5.41) is 1.10. The summed E-state index contributed by atoms with van der Waals surface area (Å²) in [4.78, 5) is 22.2. The van der Waals surface area contributed by atoms with E-state index in [2.05, 4.69) is 22.0 Å². The van der Waals surface area contributed by atoms with Crippen LogP contribution in [0.15, 0.2) is 59.5 Å². The van der Waals surface area contributed by atoms with Crippen molar-refractivity contribution in [1.82, 2.24) is 14.2 Å². The molecule has 2 aliphatic rings. The summed E-state index contributed by atoms with van der Waals surface area (Å²) >= 11 is 0. The van der Waals surface area contributed by atoms with Gasteiger partial charge in [0.2, 0.25) is 15.9 Å². The van der Waals surface area contributed by atoms with Gasteiger partial charge in [0.25, 0.3) is 0 Å². The number of sulfonamides is 1. The van der Waals surface area contributed by atoms with E-state index in [0.717, 1.165) is 34.4 Å². The van der Waals surface area contributed by atoms with E-state index < -0.39 is 15.8 Å². The molecule has 0 saturated carbocycles. The van der Waals surface area contributed by atoms with Crippen molar-refractivity contribution in [1.29, 1.82) is 0 Å². The van der Waals surface area contributed by atoms with Gasteiger partial charge in [0.05, 0.1) is 16.3 Å². The molecule has 2 aromatic carbocycles. The fourth-order valence-electron chi connectivity index (χ4n) is 5.09. The van der Waals surface area contributed by atoms with Gasteiger partial charge >= 0.3 is 0 Å². The average Bonchev–Trinajstić information content (AvgIpc) is 2.88. The van der Waals surface area contributed by atoms with Crippen LogP contribution in [0.4, 0.5) is 10.1 Å². The van der Waals surface area contributed by atoms with Gasteiger partial charge < -0.3 is 9.80 Å². The molecule has 2 saturated heterocycles. The molecule has 2 aliphatic heterocycles. The second-order valence-electron chi connectivity index (χ2n) is 9.27. The Kier molecular flexibility index (Phi) is 6.46. The lowest BCUT2D eigenvalue weighted by molar-refractivity contribution is -0.137. The van der Waals surface area contributed by atoms with Crippen molar-refractivity contribution in [2.24, 2.45) is 5.92 Å². The first-order valence-electron chi connectivity index (χ1n) is 12.0. The number of nitrogens with zero attached hydrogens (tertiary/aromatic N) is 4. The van der Waals surface area contributed by atoms with Gasteiger partial charge in [0, 0.05) is 56.0 Å². The zero-order valence-electron chi connectivity index (χ0n) is 19.7. The van der Waals surface area contributed by atoms with Crippen LogP contribution in [0.2, 0.25) is 0 Å². The Morgan fingerprint density at radius 1 is 1.00 bits per heavy atom. The summed E-state index contributed by atoms with van der Waals surface area (Å²) in [7, 11) is -3.76. The largest absolute Gasteiger partial charge is 0.367 e. The van der Waals surface area contributed by atoms with Crippen molar-refractivity contribution >= 4 is 32.5 Å². The van der Waals surface area contributed by atoms with Gasteiger partial charge in [-0.05, 0) is 56.2 Å². The molecule has 1 amide bonds. The molecule has 0 spiro atoms. The molecule has 1 aromatic heterocycles. The normalized spacial score (nSPS) is 19.8. The molecule has 0 radical (unpaired) electrons. The number of aryl methyl sites for hydroxylation is 1. The smallest absolute Gasteiger partial charge is 0.243 e. The number of fused-ring (bicyclic) bond motifs is 1. The van der Waals surface area contributed by atoms with Crippen LogP contribution in [0.25, 0.3) is 10.9 Å². The Bertz CT molecular complexity index is 1340. The standard InChI is InChI=1S/C26H29FN4O3S/c1-19-17-25(23-6-2-3-7-24(23)28-19)29-13-15-30(16-14-29)26(32)20-5-4-12-31(18-20)35(33,34)22-10-8-21(27)9-11-22/h2-3,6-11,17,20H,4-5,12-16,18H2,1H3. The molecule has 3 heterocycles. The highest BCUT2D eigenvalue weighted by atomic mass is 32.2. The van der Waals surface area contributed by atoms with Crippen LogP contribution in [0.1, 0.15) is 18.5 Å². The SMILES string of the molecule is Cc1cc(N2CCN(C(=O)C3CCCN(S(=O)(=O)c4ccc(F)cc4)C3)CC2)c2ccccc2n1. The molecule has 2 fully saturated rings. The van der Waals surface area contributed by atoms with E-state index >= 15 is 0 Å². The number of carbonyl (C=O) groups excluding carboxylic acids is 1. The highest BCUT2D eigenvalue weighted by Gasteiger charge is 2.36. The molecule has 3 aromatic rings. The monoisotopic (exact) mass is 496 g/mol. The van der Waals surface area contributed by atoms with Crippen LogP contribution >= 0.6 is 0 Å². The number of halogens is 1. The van der Waals surface area contributed by atoms with Crippen LogP contribution in [0.3, 0.4) is 0 Å². The van der Waals surface area contributed by atoms with E-state index in [1.54, 1.807) is 0 Å². The zero-order valence-corrected chi connectivity index (χ0v) is 20.5. The van der Waals surface area contributed by atoms with E-state index in [9.17, 15) is 17.6 Å². The molecule has 0 aliphatic carbocycles. The predicted octanol–water partition coefficient (Wildman–Crippen LogP) is 3.43. The number of amides is 1. The summed E-state index contributed by atoms with van der Waals surface area (Å²) < 4.78 is 40.7. The van der Waals surface area contributed by atoms with Crippen LogP contribution in [-0.2, 0) is 14.8 Å². The lowest BCUT2D eigenvalue weighted by atomic mass is 9.97. The third-order valence-electron chi connectivity index (χ3n) is 6.94. The molecule has 1 atom stereocenters. The van der Waals surface area contributed by atoms with E-state index in [-0.39, 0.29) is 23.3 Å². The molecule has 0 N–H and O–H groups in total. The highest BCUT2D eigenvalue weighted by molar-refractivity contribution is 7.89. The van der Waals surface area contributed by atoms with Crippen molar-refractivity contribution in [3.8, 4) is 0 Å². The third-order valence-corrected chi connectivity index (χ3v) is 8.82. The molecular formula is C26H29FN4O3S. The summed E-state index contributed by atoms with van der Waals surface area (Å²) in [6, 6.07) is 15.0. The summed E-state index contributed by atoms with van der Waals surface area (Å²) in [6.07, 6.45) is 1.29. The number of piperazine rings is 1. The number of para-hydroxylation sites is 1. The first-order valence-corrected chi connectivity index (χ1v) is 13.4. The van der Waals surface area contributed by atoms with E-state index in [1.807, 2.05) is 30.0 Å². The van der Waals surface area contributed by atoms with Crippen LogP contribution in [-0.4, -0.2) is 67.8 Å². The topological polar surface area (TPSA) is 73.8 Å². The average molecular weight is 497 g/mol. The Morgan fingerprint density at radius 3 is 2.46 bits per heavy atom. The summed E-state index contributed by atoms with van der Waals surface area (Å²) in [5.74, 6) is -0.835. The Hall–Kier alpha value is -3.04. The lowest BCUT2D eigenvalue weighted by Crippen LogP contribution is -2.53. The Morgan fingerprint density at radius 2 is 1.71 bits per heavy atom. The van der Waals surface area contributed by atoms with E-state index in [4.69, 9.17) is 0 Å². The maximum atomic E-state index is 13.3. The number of rotatable bonds is 4. The minimum atomic E-state index is -3.76. The zero-order chi connectivity index (χ0) is 24.6. The molecule has 5 rings (SSSR count). The minimum Gasteiger partial charge on any atom is -0.367 e. The van der Waals surface area contributed by atoms with E-state index in [1.165, 1.54) is 16.4 Å². The first-order chi connectivity index (χ1) is 16.8. The first kappa shape index (κ1) is 23.7. The van der Waals surface area contributed by atoms with Gasteiger partial charge in [-0.15, -0.1) is 0 Å². The van der Waals surface area contributed by atoms with Crippen LogP contribution < -0.4 is 4.90 Å². The molecule has 184 valence electrons. The maximum absolute atomic E-state index is 13.3. The number of hydrogen-bond donors (Lipinski definition) is 0. The quantitative estimate of drug-likeness (QED) is 0.553. The summed E-state index contributed by atoms with van der Waals surface area (Å²) in [6.45, 7) is 5.13. The van der Waals surface area contributed by atoms with Gasteiger partial charge in [-0.1, -0.05) is 18.2 Å². The van der Waals surface area contributed by atoms with Crippen LogP contribution in [0, 0.1) is 18.7 Å². The molecule has 9 heteroatoms. The number of aromatic nitrogens is 1. The number of hydrogen-bond acceptors (Lipinski definition) is 5. The number of benzene rings is 2. The Balaban J connectivity index is 1.25. The van der Waals surface area contributed by atoms with E-state index in [0.29, 0.717) is 45.6 Å². The van der Waals surface area contributed by atoms with Crippen molar-refractivity contribution in [2.45, 2.75) is 24.7 Å². The fraction of sp³-hybridized carbons (Fsp3) is 0.385. The van der Waals surface area contributed by atoms with Crippen molar-refractivity contribution < 1.29 is 17.6 Å². The molecular weight excluding hydrogens is 467 g/mol. The summed E-state index contributed by atoms with van der Waals surface area (Å²) in [5.41, 5.74) is 3.06. The number of carbonyl (C=O) groups is 1. The Labute approximate surface area is 205 Å². The number of anilines is 1. The molecule has 35 heavy (non-hydrogen) atoms. The third kappa shape index (κ3) is 4.75. The molecule has 0 bridgehead atoms. The second kappa shape index (κ2) is 9.54. The van der Waals surface area contributed by atoms with Gasteiger partial charge in [-0.25, -0.2) is 12.8 Å². The molecule has 7 nitrogen and oxygen atoms in total. The minimum absolute atomic E-state index is 0.0134. The van der Waals surface area contributed by atoms with Gasteiger partial charge in [0.1, 0.15) is 5.82 Å². The van der Waals surface area contributed by atoms with Crippen LogP contribution in [0.5, 0.6) is 0 Å². The van der Waals surface area contributed by atoms with Gasteiger partial charge in [0.15, 0.2) is 0 Å². The van der Waals surface area contributed by atoms with Gasteiger partial charge in [-0.3, -0.25) is 9.78 Å². The number of piperidine rings is 1. The maximum Gasteiger partial charge on any atom is 0.243 e. The lowest BCUT2D eigenvalue weighted by Gasteiger charge is -2.39. The highest BCUT2D eigenvalue weighted by Crippen LogP contribution is 2.29. The van der Waals surface area contributed by atoms with Gasteiger partial charge in [-0.2, -0.15) is 4.31 Å². The van der Waals surface area contributed by atoms with Crippen molar-refractivity contribution in [3.05, 3.63) is 66.1 Å². The number of pyridine rings is 1. The van der Waals surface area contributed by atoms with Crippen molar-refractivity contribution in [3.63, 3.8) is 0 Å². The second-order valence-corrected chi connectivity index (χ2v) is 11.2. The van der Waals surface area contributed by atoms with Crippen molar-refractivity contribution in [2.75, 3.05) is 44.2 Å².